The molecule has 0 spiro atoms. The normalized spacial score (nSPS) is 17.1. The fourth-order valence-electron chi connectivity index (χ4n) is 8.88. The van der Waals surface area contributed by atoms with Crippen LogP contribution in [0, 0.1) is 0 Å². The molecule has 2 heterocycles. The standard InChI is InChI=1S/C52H35N3/c1-32-20-25-48(34-11-3-2-4-12-34)54-52(46-30-38-22-21-33-10-5-6-17-40(33)50(38)44-26-27-53-31-47(44)46)55-51(32)39-16-7-15-36(28-39)37-23-24-41-42-18-8-13-35-14-9-19-43(49(35)42)45(41)29-37/h2-19,21-24,26-31H,20,25H2,1H3/b51-32+,54-48+,55-52-. The number of hydrogen-bond donors (Lipinski definition) is 0. The van der Waals surface area contributed by atoms with Crippen LogP contribution in [0.1, 0.15) is 36.5 Å². The first kappa shape index (κ1) is 31.5. The van der Waals surface area contributed by atoms with Gasteiger partial charge in [-0.15, -0.1) is 0 Å². The van der Waals surface area contributed by atoms with E-state index in [1.807, 2.05) is 12.4 Å². The minimum Gasteiger partial charge on any atom is -0.264 e. The van der Waals surface area contributed by atoms with E-state index < -0.39 is 0 Å². The summed E-state index contributed by atoms with van der Waals surface area (Å²) in [6, 6.07) is 57.1. The summed E-state index contributed by atoms with van der Waals surface area (Å²) in [5.41, 5.74) is 14.0. The molecule has 0 radical (unpaired) electrons. The lowest BCUT2D eigenvalue weighted by Gasteiger charge is -2.18. The molecular weight excluding hydrogens is 667 g/mol. The number of allylic oxidation sites excluding steroid dienone is 1. The largest absolute Gasteiger partial charge is 0.264 e. The monoisotopic (exact) mass is 701 g/mol. The molecule has 55 heavy (non-hydrogen) atoms. The van der Waals surface area contributed by atoms with Gasteiger partial charge in [-0.3, -0.25) is 4.98 Å². The maximum absolute atomic E-state index is 5.58. The van der Waals surface area contributed by atoms with Gasteiger partial charge in [-0.25, -0.2) is 9.98 Å². The molecule has 0 N–H and O–H groups in total. The van der Waals surface area contributed by atoms with E-state index in [-0.39, 0.29) is 0 Å². The smallest absolute Gasteiger partial charge is 0.160 e. The molecule has 1 aromatic heterocycles. The first-order valence-corrected chi connectivity index (χ1v) is 19.1. The minimum absolute atomic E-state index is 0.703. The average molecular weight is 702 g/mol. The molecular formula is C52H35N3. The van der Waals surface area contributed by atoms with Crippen LogP contribution in [0.4, 0.5) is 0 Å². The zero-order chi connectivity index (χ0) is 36.5. The zero-order valence-corrected chi connectivity index (χ0v) is 30.4. The van der Waals surface area contributed by atoms with Crippen LogP contribution in [0.25, 0.3) is 82.2 Å². The van der Waals surface area contributed by atoms with Crippen LogP contribution < -0.4 is 0 Å². The summed E-state index contributed by atoms with van der Waals surface area (Å²) < 4.78 is 0. The Hall–Kier alpha value is -6.97. The van der Waals surface area contributed by atoms with Crippen LogP contribution in [0.3, 0.4) is 0 Å². The predicted octanol–water partition coefficient (Wildman–Crippen LogP) is 13.5. The molecule has 1 aliphatic heterocycles. The number of nitrogens with zero attached hydrogens (tertiary/aromatic N) is 3. The third-order valence-electron chi connectivity index (χ3n) is 11.6. The molecule has 0 saturated heterocycles. The van der Waals surface area contributed by atoms with E-state index in [9.17, 15) is 0 Å². The average Bonchev–Trinajstić information content (AvgIpc) is 3.56. The third kappa shape index (κ3) is 5.15. The molecule has 0 atom stereocenters. The molecule has 0 unspecified atom stereocenters. The summed E-state index contributed by atoms with van der Waals surface area (Å²) in [6.07, 6.45) is 5.54. The van der Waals surface area contributed by atoms with Crippen LogP contribution in [-0.4, -0.2) is 16.5 Å². The number of hydrogen-bond acceptors (Lipinski definition) is 3. The van der Waals surface area contributed by atoms with Crippen LogP contribution in [0.5, 0.6) is 0 Å². The van der Waals surface area contributed by atoms with E-state index in [2.05, 4.69) is 170 Å². The van der Waals surface area contributed by atoms with Gasteiger partial charge in [0.25, 0.3) is 0 Å². The van der Waals surface area contributed by atoms with Gasteiger partial charge in [-0.1, -0.05) is 133 Å². The first-order chi connectivity index (χ1) is 27.2. The Labute approximate surface area is 319 Å². The van der Waals surface area contributed by atoms with Crippen molar-refractivity contribution in [2.45, 2.75) is 19.8 Å². The van der Waals surface area contributed by atoms with Crippen molar-refractivity contribution in [3.8, 4) is 33.4 Å². The topological polar surface area (TPSA) is 37.6 Å². The molecule has 1 aliphatic carbocycles. The second-order valence-corrected chi connectivity index (χ2v) is 14.8. The maximum atomic E-state index is 5.58. The highest BCUT2D eigenvalue weighted by Gasteiger charge is 2.23. The Morgan fingerprint density at radius 3 is 2.04 bits per heavy atom. The van der Waals surface area contributed by atoms with Crippen molar-refractivity contribution in [3.63, 3.8) is 0 Å². The van der Waals surface area contributed by atoms with Crippen molar-refractivity contribution in [2.24, 2.45) is 9.98 Å². The van der Waals surface area contributed by atoms with Gasteiger partial charge in [0, 0.05) is 28.9 Å². The van der Waals surface area contributed by atoms with E-state index in [1.165, 1.54) is 65.9 Å². The molecule has 0 saturated carbocycles. The third-order valence-corrected chi connectivity index (χ3v) is 11.6. The quantitative estimate of drug-likeness (QED) is 0.168. The van der Waals surface area contributed by atoms with Gasteiger partial charge in [0.2, 0.25) is 0 Å². The van der Waals surface area contributed by atoms with Crippen LogP contribution in [0.2, 0.25) is 0 Å². The Morgan fingerprint density at radius 2 is 1.15 bits per heavy atom. The van der Waals surface area contributed by atoms with Gasteiger partial charge in [-0.05, 0) is 126 Å². The predicted molar refractivity (Wildman–Crippen MR) is 232 cm³/mol. The molecule has 2 aliphatic rings. The summed E-state index contributed by atoms with van der Waals surface area (Å²) in [4.78, 5) is 15.7. The lowest BCUT2D eigenvalue weighted by Crippen LogP contribution is -2.11. The van der Waals surface area contributed by atoms with E-state index >= 15 is 0 Å². The highest BCUT2D eigenvalue weighted by Crippen LogP contribution is 2.48. The number of benzene rings is 8. The molecule has 8 aromatic carbocycles. The van der Waals surface area contributed by atoms with Gasteiger partial charge < -0.3 is 0 Å². The van der Waals surface area contributed by atoms with Gasteiger partial charge >= 0.3 is 0 Å². The number of aliphatic imine (C=N–C) groups is 2. The fourth-order valence-corrected chi connectivity index (χ4v) is 8.88. The summed E-state index contributed by atoms with van der Waals surface area (Å²) in [5, 5.41) is 9.68. The van der Waals surface area contributed by atoms with Crippen molar-refractivity contribution < 1.29 is 0 Å². The van der Waals surface area contributed by atoms with Gasteiger partial charge in [-0.2, -0.15) is 0 Å². The highest BCUT2D eigenvalue weighted by molar-refractivity contribution is 6.27. The minimum atomic E-state index is 0.703. The second kappa shape index (κ2) is 12.6. The Balaban J connectivity index is 1.09. The van der Waals surface area contributed by atoms with Crippen LogP contribution in [-0.2, 0) is 0 Å². The zero-order valence-electron chi connectivity index (χ0n) is 30.4. The summed E-state index contributed by atoms with van der Waals surface area (Å²) >= 11 is 0. The number of aromatic nitrogens is 1. The fraction of sp³-hybridized carbons (Fsp3) is 0.0577. The summed E-state index contributed by atoms with van der Waals surface area (Å²) in [7, 11) is 0. The Morgan fingerprint density at radius 1 is 0.418 bits per heavy atom. The van der Waals surface area contributed by atoms with Crippen LogP contribution in [0.15, 0.2) is 186 Å². The van der Waals surface area contributed by atoms with E-state index in [0.717, 1.165) is 57.1 Å². The lowest BCUT2D eigenvalue weighted by molar-refractivity contribution is 1.00. The van der Waals surface area contributed by atoms with Gasteiger partial charge in [0.1, 0.15) is 0 Å². The maximum Gasteiger partial charge on any atom is 0.160 e. The molecule has 258 valence electrons. The molecule has 0 fully saturated rings. The van der Waals surface area contributed by atoms with Gasteiger partial charge in [0.15, 0.2) is 5.84 Å². The molecule has 0 bridgehead atoms. The van der Waals surface area contributed by atoms with E-state index in [1.54, 1.807) is 0 Å². The number of pyridine rings is 1. The SMILES string of the molecule is C\C1=C(c2cccc(-c3ccc4c(c3)-c3cccc5cccc-4c35)c2)/N=C(c2cc3ccc4ccccc4c3c3ccncc23)\N=C(\c2ccccc2)CC1. The van der Waals surface area contributed by atoms with E-state index in [0.29, 0.717) is 5.84 Å². The van der Waals surface area contributed by atoms with Crippen molar-refractivity contribution in [2.75, 3.05) is 0 Å². The van der Waals surface area contributed by atoms with Crippen molar-refractivity contribution in [1.82, 2.24) is 4.98 Å². The Bertz CT molecular complexity index is 3140. The molecule has 11 rings (SSSR count). The molecule has 9 aromatic rings. The lowest BCUT2D eigenvalue weighted by atomic mass is 9.93. The highest BCUT2D eigenvalue weighted by atomic mass is 14.9. The Kier molecular flexibility index (Phi) is 7.21. The summed E-state index contributed by atoms with van der Waals surface area (Å²) in [5.74, 6) is 0.703. The number of rotatable bonds is 4. The van der Waals surface area contributed by atoms with Gasteiger partial charge in [0.05, 0.1) is 11.4 Å². The summed E-state index contributed by atoms with van der Waals surface area (Å²) in [6.45, 7) is 2.23. The van der Waals surface area contributed by atoms with Crippen molar-refractivity contribution in [1.29, 1.82) is 0 Å². The van der Waals surface area contributed by atoms with Crippen molar-refractivity contribution in [3.05, 3.63) is 192 Å². The molecule has 3 heteroatoms. The van der Waals surface area contributed by atoms with Crippen LogP contribution >= 0.6 is 0 Å². The molecule has 3 nitrogen and oxygen atoms in total. The number of amidine groups is 1. The van der Waals surface area contributed by atoms with Crippen molar-refractivity contribution >= 4 is 60.3 Å². The first-order valence-electron chi connectivity index (χ1n) is 19.1. The molecule has 0 amide bonds. The second-order valence-electron chi connectivity index (χ2n) is 14.8. The van der Waals surface area contributed by atoms with E-state index in [4.69, 9.17) is 9.98 Å². The number of fused-ring (bicyclic) bond motifs is 8.